The Morgan fingerprint density at radius 1 is 1.00 bits per heavy atom. The lowest BCUT2D eigenvalue weighted by Gasteiger charge is -2.12. The first-order valence-electron chi connectivity index (χ1n) is 5.02. The molecule has 0 heterocycles. The Kier molecular flexibility index (Phi) is 4.44. The fourth-order valence-electron chi connectivity index (χ4n) is 1.47. The normalized spacial score (nSPS) is 9.89. The third kappa shape index (κ3) is 2.94. The maximum absolute atomic E-state index is 9.13. The maximum Gasteiger partial charge on any atom is 0.101 e. The van der Waals surface area contributed by atoms with E-state index in [-0.39, 0.29) is 0 Å². The quantitative estimate of drug-likeness (QED) is 0.674. The smallest absolute Gasteiger partial charge is 0.101 e. The van der Waals surface area contributed by atoms with Crippen LogP contribution >= 0.6 is 47.8 Å². The summed E-state index contributed by atoms with van der Waals surface area (Å²) in [5.41, 5.74) is 2.26. The molecular formula is C13H7Br3N2. The highest BCUT2D eigenvalue weighted by Crippen LogP contribution is 2.34. The summed E-state index contributed by atoms with van der Waals surface area (Å²) < 4.78 is 2.75. The van der Waals surface area contributed by atoms with Crippen molar-refractivity contribution in [3.8, 4) is 6.07 Å². The Balaban J connectivity index is 2.44. The van der Waals surface area contributed by atoms with Gasteiger partial charge in [-0.1, -0.05) is 22.0 Å². The van der Waals surface area contributed by atoms with Crippen LogP contribution in [0.15, 0.2) is 49.8 Å². The van der Waals surface area contributed by atoms with E-state index in [2.05, 4.69) is 59.2 Å². The molecule has 5 heteroatoms. The molecule has 0 spiro atoms. The lowest BCUT2D eigenvalue weighted by molar-refractivity contribution is 1.44. The predicted molar refractivity (Wildman–Crippen MR) is 84.0 cm³/mol. The molecule has 0 unspecified atom stereocenters. The van der Waals surface area contributed by atoms with Crippen LogP contribution < -0.4 is 5.32 Å². The van der Waals surface area contributed by atoms with Gasteiger partial charge in [0.15, 0.2) is 0 Å². The van der Waals surface area contributed by atoms with Crippen molar-refractivity contribution >= 4 is 59.2 Å². The molecule has 0 aliphatic rings. The Hall–Kier alpha value is -0.830. The van der Waals surface area contributed by atoms with Gasteiger partial charge in [-0.05, 0) is 62.2 Å². The molecule has 0 aromatic heterocycles. The maximum atomic E-state index is 9.13. The fraction of sp³-hybridized carbons (Fsp3) is 0. The minimum atomic E-state index is 0.590. The number of rotatable bonds is 2. The highest BCUT2D eigenvalue weighted by Gasteiger charge is 2.08. The number of nitrogens with one attached hydrogen (secondary N) is 1. The van der Waals surface area contributed by atoms with Crippen molar-refractivity contribution in [2.45, 2.75) is 0 Å². The molecule has 1 N–H and O–H groups in total. The van der Waals surface area contributed by atoms with E-state index < -0.39 is 0 Å². The van der Waals surface area contributed by atoms with Crippen molar-refractivity contribution in [3.05, 3.63) is 55.4 Å². The molecule has 2 aromatic carbocycles. The number of nitriles is 1. The van der Waals surface area contributed by atoms with Gasteiger partial charge in [0.05, 0.1) is 16.9 Å². The Bertz CT molecular complexity index is 612. The van der Waals surface area contributed by atoms with Crippen molar-refractivity contribution < 1.29 is 0 Å². The number of benzene rings is 2. The van der Waals surface area contributed by atoms with Crippen LogP contribution in [0.1, 0.15) is 5.56 Å². The molecule has 0 atom stereocenters. The van der Waals surface area contributed by atoms with Crippen molar-refractivity contribution in [3.63, 3.8) is 0 Å². The molecule has 0 amide bonds. The highest BCUT2D eigenvalue weighted by molar-refractivity contribution is 9.11. The zero-order chi connectivity index (χ0) is 13.1. The van der Waals surface area contributed by atoms with E-state index in [0.717, 1.165) is 24.8 Å². The van der Waals surface area contributed by atoms with Crippen LogP contribution in [0.2, 0.25) is 0 Å². The van der Waals surface area contributed by atoms with Crippen LogP contribution in [0.25, 0.3) is 0 Å². The van der Waals surface area contributed by atoms with E-state index in [1.54, 1.807) is 6.07 Å². The summed E-state index contributed by atoms with van der Waals surface area (Å²) in [6, 6.07) is 13.5. The zero-order valence-electron chi connectivity index (χ0n) is 9.05. The van der Waals surface area contributed by atoms with Crippen LogP contribution in [-0.4, -0.2) is 0 Å². The summed E-state index contributed by atoms with van der Waals surface area (Å²) in [6.45, 7) is 0. The molecule has 18 heavy (non-hydrogen) atoms. The number of nitrogens with zero attached hydrogens (tertiary/aromatic N) is 1. The van der Waals surface area contributed by atoms with E-state index in [4.69, 9.17) is 5.26 Å². The summed E-state index contributed by atoms with van der Waals surface area (Å²) in [7, 11) is 0. The number of anilines is 2. The molecule has 2 aromatic rings. The topological polar surface area (TPSA) is 35.8 Å². The van der Waals surface area contributed by atoms with Crippen molar-refractivity contribution in [1.29, 1.82) is 5.26 Å². The van der Waals surface area contributed by atoms with Crippen molar-refractivity contribution in [1.82, 2.24) is 0 Å². The van der Waals surface area contributed by atoms with Gasteiger partial charge in [0, 0.05) is 13.4 Å². The Morgan fingerprint density at radius 3 is 2.28 bits per heavy atom. The summed E-state index contributed by atoms with van der Waals surface area (Å²) in [6.07, 6.45) is 0. The number of hydrogen-bond donors (Lipinski definition) is 1. The monoisotopic (exact) mass is 428 g/mol. The molecule has 0 bridgehead atoms. The Morgan fingerprint density at radius 2 is 1.67 bits per heavy atom. The minimum absolute atomic E-state index is 0.590. The van der Waals surface area contributed by atoms with Gasteiger partial charge in [-0.2, -0.15) is 5.26 Å². The van der Waals surface area contributed by atoms with E-state index in [0.29, 0.717) is 5.56 Å². The van der Waals surface area contributed by atoms with Gasteiger partial charge < -0.3 is 5.32 Å². The lowest BCUT2D eigenvalue weighted by Crippen LogP contribution is -1.95. The molecule has 0 saturated heterocycles. The number of para-hydroxylation sites is 1. The molecule has 0 radical (unpaired) electrons. The van der Waals surface area contributed by atoms with Gasteiger partial charge in [0.1, 0.15) is 6.07 Å². The summed E-state index contributed by atoms with van der Waals surface area (Å²) >= 11 is 10.3. The van der Waals surface area contributed by atoms with Gasteiger partial charge in [-0.25, -0.2) is 0 Å². The van der Waals surface area contributed by atoms with Crippen LogP contribution in [-0.2, 0) is 0 Å². The van der Waals surface area contributed by atoms with Gasteiger partial charge in [-0.3, -0.25) is 0 Å². The molecular weight excluding hydrogens is 424 g/mol. The van der Waals surface area contributed by atoms with E-state index in [9.17, 15) is 0 Å². The zero-order valence-corrected chi connectivity index (χ0v) is 13.8. The van der Waals surface area contributed by atoms with Crippen LogP contribution in [0.4, 0.5) is 11.4 Å². The predicted octanol–water partition coefficient (Wildman–Crippen LogP) is 5.59. The minimum Gasteiger partial charge on any atom is -0.353 e. The lowest BCUT2D eigenvalue weighted by atomic mass is 10.2. The molecule has 0 saturated carbocycles. The van der Waals surface area contributed by atoms with Crippen molar-refractivity contribution in [2.24, 2.45) is 0 Å². The Labute approximate surface area is 130 Å². The third-order valence-electron chi connectivity index (χ3n) is 2.32. The molecule has 2 rings (SSSR count). The molecule has 0 aliphatic carbocycles. The largest absolute Gasteiger partial charge is 0.353 e. The first-order valence-corrected chi connectivity index (χ1v) is 7.40. The highest BCUT2D eigenvalue weighted by atomic mass is 79.9. The molecule has 0 fully saturated rings. The first-order chi connectivity index (χ1) is 8.61. The third-order valence-corrected chi connectivity index (χ3v) is 4.14. The molecule has 2 nitrogen and oxygen atoms in total. The van der Waals surface area contributed by atoms with E-state index in [1.165, 1.54) is 0 Å². The first kappa shape index (κ1) is 13.6. The van der Waals surface area contributed by atoms with E-state index >= 15 is 0 Å². The van der Waals surface area contributed by atoms with Crippen LogP contribution in [0, 0.1) is 11.3 Å². The number of halogens is 3. The van der Waals surface area contributed by atoms with E-state index in [1.807, 2.05) is 30.3 Å². The SMILES string of the molecule is N#Cc1cc(Br)ccc1Nc1c(Br)cccc1Br. The number of hydrogen-bond acceptors (Lipinski definition) is 2. The second-order valence-corrected chi connectivity index (χ2v) is 6.15. The van der Waals surface area contributed by atoms with Gasteiger partial charge in [-0.15, -0.1) is 0 Å². The standard InChI is InChI=1S/C13H7Br3N2/c14-9-4-5-12(8(6-9)7-17)18-13-10(15)2-1-3-11(13)16/h1-6,18H. The summed E-state index contributed by atoms with van der Waals surface area (Å²) in [4.78, 5) is 0. The average Bonchev–Trinajstić information content (AvgIpc) is 2.35. The fourth-order valence-corrected chi connectivity index (χ4v) is 3.03. The summed E-state index contributed by atoms with van der Waals surface area (Å²) in [5.74, 6) is 0. The van der Waals surface area contributed by atoms with Crippen LogP contribution in [0.5, 0.6) is 0 Å². The van der Waals surface area contributed by atoms with Crippen molar-refractivity contribution in [2.75, 3.05) is 5.32 Å². The van der Waals surface area contributed by atoms with Gasteiger partial charge in [0.2, 0.25) is 0 Å². The van der Waals surface area contributed by atoms with Gasteiger partial charge in [0.25, 0.3) is 0 Å². The molecule has 90 valence electrons. The molecule has 0 aliphatic heterocycles. The second kappa shape index (κ2) is 5.87. The average molecular weight is 431 g/mol. The summed E-state index contributed by atoms with van der Waals surface area (Å²) in [5, 5.41) is 12.4. The van der Waals surface area contributed by atoms with Crippen LogP contribution in [0.3, 0.4) is 0 Å². The second-order valence-electron chi connectivity index (χ2n) is 3.52. The van der Waals surface area contributed by atoms with Gasteiger partial charge >= 0.3 is 0 Å².